The Balaban J connectivity index is -0.000000598. The molecule has 0 saturated carbocycles. The Labute approximate surface area is 264 Å². The largest absolute Gasteiger partial charge is 0.744 e. The minimum Gasteiger partial charge on any atom is -0.744 e. The molecule has 0 amide bonds. The molecule has 12 nitrogen and oxygen atoms in total. The lowest BCUT2D eigenvalue weighted by atomic mass is 10.1. The Morgan fingerprint density at radius 2 is 0.886 bits per heavy atom. The topological polar surface area (TPSA) is 222 Å². The van der Waals surface area contributed by atoms with Crippen molar-refractivity contribution in [2.24, 2.45) is 11.8 Å². The Morgan fingerprint density at radius 1 is 0.636 bits per heavy atom. The first kappa shape index (κ1) is 45.5. The fourth-order valence-corrected chi connectivity index (χ4v) is 4.20. The second-order valence-corrected chi connectivity index (χ2v) is 13.3. The summed E-state index contributed by atoms with van der Waals surface area (Å²) in [6.07, 6.45) is 1.38. The smallest absolute Gasteiger partial charge is 0.364 e. The van der Waals surface area contributed by atoms with Crippen LogP contribution in [-0.2, 0) is 39.3 Å². The van der Waals surface area contributed by atoms with Crippen LogP contribution >= 0.6 is 0 Å². The summed E-state index contributed by atoms with van der Waals surface area (Å²) in [6, 6.07) is 10.8. The average molecular weight is 665 g/mol. The van der Waals surface area contributed by atoms with Crippen LogP contribution in [0, 0.1) is 25.7 Å². The lowest BCUT2D eigenvalue weighted by Crippen LogP contribution is -2.66. The van der Waals surface area contributed by atoms with E-state index in [0.29, 0.717) is 24.7 Å². The van der Waals surface area contributed by atoms with Gasteiger partial charge in [0.1, 0.15) is 33.5 Å². The van der Waals surface area contributed by atoms with Crippen molar-refractivity contribution in [2.75, 3.05) is 13.2 Å². The summed E-state index contributed by atoms with van der Waals surface area (Å²) in [7, 11) is -8.54. The molecule has 0 aliphatic rings. The number of hydrogen-bond donors (Lipinski definition) is 2. The highest BCUT2D eigenvalue weighted by Crippen LogP contribution is 2.09. The Bertz CT molecular complexity index is 1210. The van der Waals surface area contributed by atoms with Gasteiger partial charge in [0, 0.05) is 12.8 Å². The third-order valence-electron chi connectivity index (χ3n) is 5.37. The van der Waals surface area contributed by atoms with Gasteiger partial charge in [-0.05, 0) is 49.9 Å². The number of quaternary nitrogens is 2. The Morgan fingerprint density at radius 3 is 1.09 bits per heavy atom. The molecule has 2 aromatic carbocycles. The number of aryl methyl sites for hydroxylation is 2. The van der Waals surface area contributed by atoms with E-state index in [1.165, 1.54) is 24.3 Å². The molecule has 2 unspecified atom stereocenters. The zero-order valence-electron chi connectivity index (χ0n) is 25.1. The molecule has 14 heteroatoms. The molecule has 0 radical (unpaired) electrons. The summed E-state index contributed by atoms with van der Waals surface area (Å²) in [5.74, 6) is 0.0999. The Kier molecular flexibility index (Phi) is 22.5. The summed E-state index contributed by atoms with van der Waals surface area (Å²) >= 11 is 0. The molecule has 2 atom stereocenters. The monoisotopic (exact) mass is 664 g/mol. The van der Waals surface area contributed by atoms with Gasteiger partial charge in [0.05, 0.1) is 9.79 Å². The summed E-state index contributed by atoms with van der Waals surface area (Å²) in [5.41, 5.74) is 9.38. The molecule has 0 spiro atoms. The molecule has 254 valence electrons. The van der Waals surface area contributed by atoms with Crippen molar-refractivity contribution >= 4 is 32.2 Å². The van der Waals surface area contributed by atoms with Gasteiger partial charge in [-0.1, -0.05) is 77.9 Å². The Hall–Kier alpha value is -2.88. The fourth-order valence-electron chi connectivity index (χ4n) is 3.26. The van der Waals surface area contributed by atoms with Crippen molar-refractivity contribution in [3.63, 3.8) is 0 Å². The maximum atomic E-state index is 11.6. The first-order valence-electron chi connectivity index (χ1n) is 13.3. The van der Waals surface area contributed by atoms with Crippen molar-refractivity contribution in [1.29, 1.82) is 0 Å². The van der Waals surface area contributed by atoms with Crippen LogP contribution in [0.15, 0.2) is 58.3 Å². The van der Waals surface area contributed by atoms with Gasteiger partial charge in [-0.25, -0.2) is 26.4 Å². The first-order valence-corrected chi connectivity index (χ1v) is 16.1. The summed E-state index contributed by atoms with van der Waals surface area (Å²) in [6.45, 7) is 11.9. The molecular weight excluding hydrogens is 612 g/mol. The van der Waals surface area contributed by atoms with Gasteiger partial charge in [0.2, 0.25) is 0 Å². The minimum atomic E-state index is -4.27. The number of ether oxygens (including phenoxy) is 2. The number of carbonyl (C=O) groups excluding carboxylic acids is 2. The molecule has 0 aliphatic carbocycles. The van der Waals surface area contributed by atoms with E-state index in [9.17, 15) is 35.5 Å². The molecule has 0 heterocycles. The summed E-state index contributed by atoms with van der Waals surface area (Å²) in [4.78, 5) is 22.8. The predicted octanol–water partition coefficient (Wildman–Crippen LogP) is 2.46. The normalized spacial score (nSPS) is 12.2. The van der Waals surface area contributed by atoms with Gasteiger partial charge in [0.25, 0.3) is 0 Å². The van der Waals surface area contributed by atoms with Gasteiger partial charge >= 0.3 is 11.9 Å². The molecule has 0 fully saturated rings. The molecule has 0 aliphatic heterocycles. The third-order valence-corrected chi connectivity index (χ3v) is 7.07. The van der Waals surface area contributed by atoms with E-state index in [1.807, 2.05) is 41.5 Å². The highest BCUT2D eigenvalue weighted by molar-refractivity contribution is 7.86. The average Bonchev–Trinajstić information content (AvgIpc) is 2.85. The summed E-state index contributed by atoms with van der Waals surface area (Å²) < 4.78 is 72.4. The lowest BCUT2D eigenvalue weighted by molar-refractivity contribution is -0.412. The quantitative estimate of drug-likeness (QED) is 0.203. The molecule has 0 saturated heterocycles. The number of carbonyl (C=O) groups is 2. The van der Waals surface area contributed by atoms with E-state index in [1.54, 1.807) is 24.3 Å². The van der Waals surface area contributed by atoms with Crippen molar-refractivity contribution in [2.45, 2.75) is 91.1 Å². The number of benzene rings is 2. The van der Waals surface area contributed by atoms with Crippen LogP contribution < -0.4 is 11.5 Å². The van der Waals surface area contributed by atoms with Crippen molar-refractivity contribution in [1.82, 2.24) is 0 Å². The molecular formula is C30H52N2O10S2. The van der Waals surface area contributed by atoms with Crippen molar-refractivity contribution < 1.29 is 56.5 Å². The zero-order valence-corrected chi connectivity index (χ0v) is 26.7. The van der Waals surface area contributed by atoms with Gasteiger partial charge in [0.15, 0.2) is 12.1 Å². The van der Waals surface area contributed by atoms with Gasteiger partial charge in [-0.3, -0.25) is 0 Å². The van der Waals surface area contributed by atoms with Gasteiger partial charge < -0.3 is 30.0 Å². The number of rotatable bonds is 11. The second kappa shape index (κ2) is 21.8. The number of esters is 2. The van der Waals surface area contributed by atoms with Gasteiger partial charge in [-0.2, -0.15) is 0 Å². The predicted molar refractivity (Wildman–Crippen MR) is 166 cm³/mol. The molecule has 2 aromatic rings. The highest BCUT2D eigenvalue weighted by Gasteiger charge is 2.22. The number of hydrogen-bond acceptors (Lipinski definition) is 10. The summed E-state index contributed by atoms with van der Waals surface area (Å²) in [5, 5.41) is 0. The van der Waals surface area contributed by atoms with Crippen LogP contribution in [-0.4, -0.2) is 63.2 Å². The molecule has 0 aromatic heterocycles. The third kappa shape index (κ3) is 20.9. The van der Waals surface area contributed by atoms with Crippen molar-refractivity contribution in [3.8, 4) is 0 Å². The standard InChI is InChI=1S/C14H28N2O4.2C7H8O3S.2CH4/c1-9(2)7-11(15)13(17)19-5-6-20-14(18)12(16)8-10(3)4;2*1-6-2-4-7(5-3-6)11(8,9)10;;/h9-12H,5-8,15-16H2,1-4H3;2*2-5H,1H3,(H,8,9,10);2*1H4. The van der Waals surface area contributed by atoms with Crippen molar-refractivity contribution in [3.05, 3.63) is 59.7 Å². The van der Waals surface area contributed by atoms with Crippen LogP contribution in [0.5, 0.6) is 0 Å². The molecule has 44 heavy (non-hydrogen) atoms. The fraction of sp³-hybridized carbons (Fsp3) is 0.533. The SMILES string of the molecule is C.C.CC(C)CC([NH3+])C(=O)OCCOC(=O)C([NH3+])CC(C)C.Cc1ccc(S(=O)(=O)[O-])cc1.Cc1ccc(S(=O)(=O)[O-])cc1. The molecule has 0 bridgehead atoms. The highest BCUT2D eigenvalue weighted by atomic mass is 32.2. The zero-order chi connectivity index (χ0) is 32.7. The maximum absolute atomic E-state index is 11.6. The lowest BCUT2D eigenvalue weighted by Gasteiger charge is -2.12. The van der Waals surface area contributed by atoms with E-state index in [4.69, 9.17) is 9.47 Å². The van der Waals surface area contributed by atoms with Crippen LogP contribution in [0.4, 0.5) is 0 Å². The van der Waals surface area contributed by atoms with Crippen LogP contribution in [0.2, 0.25) is 0 Å². The molecule has 2 rings (SSSR count). The van der Waals surface area contributed by atoms with Gasteiger partial charge in [-0.15, -0.1) is 0 Å². The molecule has 6 N–H and O–H groups in total. The van der Waals surface area contributed by atoms with E-state index < -0.39 is 20.2 Å². The van der Waals surface area contributed by atoms with Crippen LogP contribution in [0.25, 0.3) is 0 Å². The van der Waals surface area contributed by atoms with E-state index >= 15 is 0 Å². The van der Waals surface area contributed by atoms with E-state index in [2.05, 4.69) is 11.5 Å². The van der Waals surface area contributed by atoms with Crippen LogP contribution in [0.1, 0.15) is 66.5 Å². The van der Waals surface area contributed by atoms with E-state index in [0.717, 1.165) is 11.1 Å². The maximum Gasteiger partial charge on any atom is 0.364 e. The van der Waals surface area contributed by atoms with Crippen LogP contribution in [0.3, 0.4) is 0 Å². The second-order valence-electron chi connectivity index (χ2n) is 10.5. The first-order chi connectivity index (χ1) is 19.2. The van der Waals surface area contributed by atoms with E-state index in [-0.39, 0.29) is 61.9 Å². The minimum absolute atomic E-state index is 0.